The van der Waals surface area contributed by atoms with Gasteiger partial charge in [0.25, 0.3) is 5.69 Å². The van der Waals surface area contributed by atoms with Gasteiger partial charge in [-0.1, -0.05) is 6.07 Å². The van der Waals surface area contributed by atoms with Crippen LogP contribution in [0.5, 0.6) is 0 Å². The highest BCUT2D eigenvalue weighted by molar-refractivity contribution is 7.89. The number of aliphatic hydroxyl groups excluding tert-OH is 1. The van der Waals surface area contributed by atoms with Crippen molar-refractivity contribution in [2.45, 2.75) is 10.9 Å². The van der Waals surface area contributed by atoms with Crippen LogP contribution in [0.25, 0.3) is 0 Å². The molecule has 10 heteroatoms. The first-order chi connectivity index (χ1) is 8.77. The van der Waals surface area contributed by atoms with Crippen LogP contribution in [-0.4, -0.2) is 42.2 Å². The van der Waals surface area contributed by atoms with Crippen LogP contribution >= 0.6 is 0 Å². The van der Waals surface area contributed by atoms with Gasteiger partial charge in [0.2, 0.25) is 10.0 Å². The SMILES string of the molecule is O=C(O)[C@@H](CO)NS(=O)(=O)c1cccc([N+](=O)[O-])c1. The second kappa shape index (κ2) is 5.73. The number of hydrogen-bond donors (Lipinski definition) is 3. The zero-order valence-electron chi connectivity index (χ0n) is 9.38. The largest absolute Gasteiger partial charge is 0.480 e. The lowest BCUT2D eigenvalue weighted by Crippen LogP contribution is -2.43. The van der Waals surface area contributed by atoms with E-state index < -0.39 is 44.1 Å². The van der Waals surface area contributed by atoms with Crippen molar-refractivity contribution in [3.8, 4) is 0 Å². The Morgan fingerprint density at radius 3 is 2.58 bits per heavy atom. The molecule has 0 saturated heterocycles. The molecule has 1 aromatic carbocycles. The van der Waals surface area contributed by atoms with Gasteiger partial charge in [-0.25, -0.2) is 8.42 Å². The van der Waals surface area contributed by atoms with E-state index in [1.807, 2.05) is 0 Å². The van der Waals surface area contributed by atoms with Crippen LogP contribution in [-0.2, 0) is 14.8 Å². The van der Waals surface area contributed by atoms with Gasteiger partial charge in [-0.3, -0.25) is 14.9 Å². The van der Waals surface area contributed by atoms with Gasteiger partial charge in [-0.05, 0) is 6.07 Å². The van der Waals surface area contributed by atoms with E-state index in [1.165, 1.54) is 0 Å². The van der Waals surface area contributed by atoms with Gasteiger partial charge in [0.1, 0.15) is 6.04 Å². The molecule has 0 aliphatic carbocycles. The number of rotatable bonds is 6. The fourth-order valence-corrected chi connectivity index (χ4v) is 2.40. The molecule has 19 heavy (non-hydrogen) atoms. The molecule has 9 nitrogen and oxygen atoms in total. The van der Waals surface area contributed by atoms with Crippen LogP contribution < -0.4 is 4.72 Å². The molecule has 0 spiro atoms. The molecule has 1 atom stereocenters. The number of benzene rings is 1. The second-order valence-corrected chi connectivity index (χ2v) is 5.16. The zero-order chi connectivity index (χ0) is 14.6. The van der Waals surface area contributed by atoms with Crippen LogP contribution in [0, 0.1) is 10.1 Å². The van der Waals surface area contributed by atoms with Gasteiger partial charge < -0.3 is 10.2 Å². The van der Waals surface area contributed by atoms with Gasteiger partial charge in [0.05, 0.1) is 16.4 Å². The van der Waals surface area contributed by atoms with E-state index in [2.05, 4.69) is 0 Å². The fourth-order valence-electron chi connectivity index (χ4n) is 1.19. The summed E-state index contributed by atoms with van der Waals surface area (Å²) in [6.45, 7) is -0.941. The molecule has 0 heterocycles. The Morgan fingerprint density at radius 2 is 2.11 bits per heavy atom. The fraction of sp³-hybridized carbons (Fsp3) is 0.222. The molecule has 0 saturated carbocycles. The van der Waals surface area contributed by atoms with E-state index >= 15 is 0 Å². The number of nitro groups is 1. The van der Waals surface area contributed by atoms with Crippen molar-refractivity contribution in [1.29, 1.82) is 0 Å². The molecule has 0 aromatic heterocycles. The number of aliphatic hydroxyl groups is 1. The lowest BCUT2D eigenvalue weighted by molar-refractivity contribution is -0.385. The number of carboxylic acid groups (broad SMARTS) is 1. The van der Waals surface area contributed by atoms with E-state index in [1.54, 1.807) is 4.72 Å². The summed E-state index contributed by atoms with van der Waals surface area (Å²) in [6.07, 6.45) is 0. The van der Waals surface area contributed by atoms with E-state index in [0.29, 0.717) is 0 Å². The van der Waals surface area contributed by atoms with Crippen molar-refractivity contribution in [2.24, 2.45) is 0 Å². The Labute approximate surface area is 107 Å². The quantitative estimate of drug-likeness (QED) is 0.464. The molecule has 0 bridgehead atoms. The van der Waals surface area contributed by atoms with E-state index in [0.717, 1.165) is 24.3 Å². The van der Waals surface area contributed by atoms with Crippen molar-refractivity contribution in [3.63, 3.8) is 0 Å². The Balaban J connectivity index is 3.10. The average Bonchev–Trinajstić information content (AvgIpc) is 2.35. The minimum Gasteiger partial charge on any atom is -0.480 e. The Bertz CT molecular complexity index is 598. The number of aliphatic carboxylic acids is 1. The van der Waals surface area contributed by atoms with Crippen molar-refractivity contribution < 1.29 is 28.3 Å². The number of sulfonamides is 1. The summed E-state index contributed by atoms with van der Waals surface area (Å²) in [5.74, 6) is -1.56. The van der Waals surface area contributed by atoms with Crippen LogP contribution in [0.3, 0.4) is 0 Å². The highest BCUT2D eigenvalue weighted by Gasteiger charge is 2.25. The van der Waals surface area contributed by atoms with Gasteiger partial charge >= 0.3 is 5.97 Å². The monoisotopic (exact) mass is 290 g/mol. The van der Waals surface area contributed by atoms with Crippen molar-refractivity contribution in [2.75, 3.05) is 6.61 Å². The second-order valence-electron chi connectivity index (χ2n) is 3.45. The topological polar surface area (TPSA) is 147 Å². The predicted octanol–water partition coefficient (Wildman–Crippen LogP) is -0.681. The number of non-ortho nitro benzene ring substituents is 1. The average molecular weight is 290 g/mol. The summed E-state index contributed by atoms with van der Waals surface area (Å²) >= 11 is 0. The summed E-state index contributed by atoms with van der Waals surface area (Å²) in [7, 11) is -4.27. The normalized spacial score (nSPS) is 12.9. The Morgan fingerprint density at radius 1 is 1.47 bits per heavy atom. The molecule has 104 valence electrons. The smallest absolute Gasteiger partial charge is 0.324 e. The molecule has 0 unspecified atom stereocenters. The van der Waals surface area contributed by atoms with Crippen LogP contribution in [0.2, 0.25) is 0 Å². The van der Waals surface area contributed by atoms with Crippen molar-refractivity contribution in [3.05, 3.63) is 34.4 Å². The number of nitrogens with one attached hydrogen (secondary N) is 1. The van der Waals surface area contributed by atoms with Crippen LogP contribution in [0.15, 0.2) is 29.2 Å². The van der Waals surface area contributed by atoms with Gasteiger partial charge in [0, 0.05) is 12.1 Å². The number of hydrogen-bond acceptors (Lipinski definition) is 6. The standard InChI is InChI=1S/C9H10N2O7S/c12-5-8(9(13)14)10-19(17,18)7-3-1-2-6(4-7)11(15)16/h1-4,8,10,12H,5H2,(H,13,14)/t8-/m1/s1. The minimum absolute atomic E-state index is 0.446. The summed E-state index contributed by atoms with van der Waals surface area (Å²) in [5, 5.41) is 27.9. The van der Waals surface area contributed by atoms with Crippen molar-refractivity contribution >= 4 is 21.7 Å². The minimum atomic E-state index is -4.27. The molecule has 0 aliphatic heterocycles. The van der Waals surface area contributed by atoms with Crippen LogP contribution in [0.4, 0.5) is 5.69 Å². The molecule has 0 aliphatic rings. The summed E-state index contributed by atoms with van der Waals surface area (Å²) in [5.41, 5.74) is -0.446. The molecule has 1 rings (SSSR count). The predicted molar refractivity (Wildman–Crippen MR) is 61.9 cm³/mol. The number of carboxylic acids is 1. The number of carbonyl (C=O) groups is 1. The first-order valence-electron chi connectivity index (χ1n) is 4.88. The number of nitro benzene ring substituents is 1. The van der Waals surface area contributed by atoms with E-state index in [-0.39, 0.29) is 0 Å². The zero-order valence-corrected chi connectivity index (χ0v) is 10.2. The van der Waals surface area contributed by atoms with Crippen molar-refractivity contribution in [1.82, 2.24) is 4.72 Å². The van der Waals surface area contributed by atoms with E-state index in [9.17, 15) is 23.3 Å². The maximum Gasteiger partial charge on any atom is 0.324 e. The first-order valence-corrected chi connectivity index (χ1v) is 6.36. The summed E-state index contributed by atoms with van der Waals surface area (Å²) in [4.78, 5) is 19.9. The lowest BCUT2D eigenvalue weighted by Gasteiger charge is -2.11. The molecule has 0 amide bonds. The molecular formula is C9H10N2O7S. The molecule has 3 N–H and O–H groups in total. The third-order valence-corrected chi connectivity index (χ3v) is 3.59. The molecule has 0 radical (unpaired) electrons. The molecule has 0 fully saturated rings. The summed E-state index contributed by atoms with van der Waals surface area (Å²) < 4.78 is 25.3. The van der Waals surface area contributed by atoms with Gasteiger partial charge in [0.15, 0.2) is 0 Å². The van der Waals surface area contributed by atoms with E-state index in [4.69, 9.17) is 10.2 Å². The highest BCUT2D eigenvalue weighted by atomic mass is 32.2. The summed E-state index contributed by atoms with van der Waals surface area (Å²) in [6, 6.07) is 2.40. The van der Waals surface area contributed by atoms with Gasteiger partial charge in [-0.15, -0.1) is 0 Å². The Kier molecular flexibility index (Phi) is 4.53. The first kappa shape index (κ1) is 15.0. The molecular weight excluding hydrogens is 280 g/mol. The maximum absolute atomic E-state index is 11.8. The number of nitrogens with zero attached hydrogens (tertiary/aromatic N) is 1. The third-order valence-electron chi connectivity index (χ3n) is 2.12. The third kappa shape index (κ3) is 3.71. The maximum atomic E-state index is 11.8. The Hall–Kier alpha value is -2.04. The molecule has 1 aromatic rings. The lowest BCUT2D eigenvalue weighted by atomic mass is 10.3. The van der Waals surface area contributed by atoms with Gasteiger partial charge in [-0.2, -0.15) is 4.72 Å². The van der Waals surface area contributed by atoms with Crippen LogP contribution in [0.1, 0.15) is 0 Å². The highest BCUT2D eigenvalue weighted by Crippen LogP contribution is 2.17.